The molecule has 0 heterocycles. The first-order valence-electron chi connectivity index (χ1n) is 7.12. The first kappa shape index (κ1) is 17.4. The summed E-state index contributed by atoms with van der Waals surface area (Å²) in [7, 11) is 0. The van der Waals surface area contributed by atoms with E-state index < -0.39 is 23.6 Å². The zero-order chi connectivity index (χ0) is 16.8. The highest BCUT2D eigenvalue weighted by molar-refractivity contribution is 6.33. The Morgan fingerprint density at radius 2 is 1.83 bits per heavy atom. The zero-order valence-electron chi connectivity index (χ0n) is 12.2. The first-order chi connectivity index (χ1) is 11.0. The maximum Gasteiger partial charge on any atom is 0.252 e. The SMILES string of the molecule is O=C(NC[C@H](O)CCc1ccccc1)c1cc(F)c(F)cc1Cl. The Labute approximate surface area is 137 Å². The average molecular weight is 340 g/mol. The van der Waals surface area contributed by atoms with Crippen molar-refractivity contribution in [2.45, 2.75) is 18.9 Å². The second-order valence-corrected chi connectivity index (χ2v) is 5.54. The maximum atomic E-state index is 13.2. The van der Waals surface area contributed by atoms with E-state index in [0.717, 1.165) is 17.7 Å². The number of hydrogen-bond acceptors (Lipinski definition) is 2. The van der Waals surface area contributed by atoms with E-state index in [0.29, 0.717) is 12.8 Å². The highest BCUT2D eigenvalue weighted by atomic mass is 35.5. The first-order valence-corrected chi connectivity index (χ1v) is 7.50. The summed E-state index contributed by atoms with van der Waals surface area (Å²) < 4.78 is 26.1. The number of hydrogen-bond donors (Lipinski definition) is 2. The number of carbonyl (C=O) groups excluding carboxylic acids is 1. The lowest BCUT2D eigenvalue weighted by Gasteiger charge is -2.12. The normalized spacial score (nSPS) is 12.0. The van der Waals surface area contributed by atoms with E-state index in [2.05, 4.69) is 5.32 Å². The van der Waals surface area contributed by atoms with Gasteiger partial charge in [-0.1, -0.05) is 41.9 Å². The molecule has 23 heavy (non-hydrogen) atoms. The van der Waals surface area contributed by atoms with Crippen molar-refractivity contribution in [3.63, 3.8) is 0 Å². The molecule has 2 N–H and O–H groups in total. The zero-order valence-corrected chi connectivity index (χ0v) is 13.0. The predicted molar refractivity (Wildman–Crippen MR) is 84.5 cm³/mol. The molecular weight excluding hydrogens is 324 g/mol. The van der Waals surface area contributed by atoms with E-state index in [1.807, 2.05) is 30.3 Å². The Hall–Kier alpha value is -1.98. The summed E-state index contributed by atoms with van der Waals surface area (Å²) in [5.41, 5.74) is 0.919. The van der Waals surface area contributed by atoms with E-state index in [1.54, 1.807) is 0 Å². The molecule has 0 fully saturated rings. The van der Waals surface area contributed by atoms with E-state index in [-0.39, 0.29) is 17.1 Å². The second kappa shape index (κ2) is 8.04. The third-order valence-corrected chi connectivity index (χ3v) is 3.67. The molecule has 0 saturated carbocycles. The average Bonchev–Trinajstić information content (AvgIpc) is 2.55. The third-order valence-electron chi connectivity index (χ3n) is 3.36. The van der Waals surface area contributed by atoms with E-state index in [4.69, 9.17) is 11.6 Å². The summed E-state index contributed by atoms with van der Waals surface area (Å²) in [5, 5.41) is 12.2. The van der Waals surface area contributed by atoms with Crippen LogP contribution in [0.1, 0.15) is 22.3 Å². The Morgan fingerprint density at radius 3 is 2.52 bits per heavy atom. The van der Waals surface area contributed by atoms with Gasteiger partial charge in [0, 0.05) is 6.54 Å². The summed E-state index contributed by atoms with van der Waals surface area (Å²) in [6.45, 7) is 0.000983. The molecule has 0 unspecified atom stereocenters. The maximum absolute atomic E-state index is 13.2. The van der Waals surface area contributed by atoms with Crippen LogP contribution in [0.3, 0.4) is 0 Å². The summed E-state index contributed by atoms with van der Waals surface area (Å²) >= 11 is 5.72. The van der Waals surface area contributed by atoms with Crippen molar-refractivity contribution in [3.05, 3.63) is 70.2 Å². The molecule has 0 spiro atoms. The minimum absolute atomic E-state index is 0.000983. The van der Waals surface area contributed by atoms with Crippen molar-refractivity contribution >= 4 is 17.5 Å². The van der Waals surface area contributed by atoms with Gasteiger partial charge in [0.05, 0.1) is 16.7 Å². The second-order valence-electron chi connectivity index (χ2n) is 5.13. The number of benzene rings is 2. The van der Waals surface area contributed by atoms with E-state index >= 15 is 0 Å². The Morgan fingerprint density at radius 1 is 1.17 bits per heavy atom. The van der Waals surface area contributed by atoms with Gasteiger partial charge in [0.2, 0.25) is 0 Å². The van der Waals surface area contributed by atoms with Crippen LogP contribution in [0.25, 0.3) is 0 Å². The molecule has 1 atom stereocenters. The van der Waals surface area contributed by atoms with Gasteiger partial charge in [0.25, 0.3) is 5.91 Å². The van der Waals surface area contributed by atoms with Gasteiger partial charge in [0.15, 0.2) is 11.6 Å². The number of aliphatic hydroxyl groups is 1. The van der Waals surface area contributed by atoms with Crippen LogP contribution in [-0.2, 0) is 6.42 Å². The van der Waals surface area contributed by atoms with Gasteiger partial charge in [-0.15, -0.1) is 0 Å². The Balaban J connectivity index is 1.85. The van der Waals surface area contributed by atoms with Crippen molar-refractivity contribution in [1.82, 2.24) is 5.32 Å². The monoisotopic (exact) mass is 339 g/mol. The molecular formula is C17H16ClF2NO2. The summed E-state index contributed by atoms with van der Waals surface area (Å²) in [5.74, 6) is -2.92. The number of halogens is 3. The number of amides is 1. The number of aryl methyl sites for hydroxylation is 1. The van der Waals surface area contributed by atoms with Gasteiger partial charge in [-0.3, -0.25) is 4.79 Å². The van der Waals surface area contributed by atoms with Crippen LogP contribution >= 0.6 is 11.6 Å². The van der Waals surface area contributed by atoms with Crippen LogP contribution in [0.5, 0.6) is 0 Å². The van der Waals surface area contributed by atoms with Crippen molar-refractivity contribution in [3.8, 4) is 0 Å². The molecule has 2 aromatic rings. The Kier molecular flexibility index (Phi) is 6.07. The minimum atomic E-state index is -1.15. The lowest BCUT2D eigenvalue weighted by atomic mass is 10.1. The van der Waals surface area contributed by atoms with Crippen LogP contribution in [0, 0.1) is 11.6 Å². The van der Waals surface area contributed by atoms with Gasteiger partial charge in [-0.25, -0.2) is 8.78 Å². The molecule has 0 bridgehead atoms. The standard InChI is InChI=1S/C17H16ClF2NO2/c18-14-9-16(20)15(19)8-13(14)17(23)21-10-12(22)7-6-11-4-2-1-3-5-11/h1-5,8-9,12,22H,6-7,10H2,(H,21,23)/t12-/m1/s1. The van der Waals surface area contributed by atoms with E-state index in [9.17, 15) is 18.7 Å². The summed E-state index contributed by atoms with van der Waals surface area (Å²) in [6, 6.07) is 11.1. The fraction of sp³-hybridized carbons (Fsp3) is 0.235. The molecule has 0 aliphatic heterocycles. The van der Waals surface area contributed by atoms with E-state index in [1.165, 1.54) is 0 Å². The van der Waals surface area contributed by atoms with Crippen LogP contribution in [0.2, 0.25) is 5.02 Å². The van der Waals surface area contributed by atoms with Crippen molar-refractivity contribution < 1.29 is 18.7 Å². The van der Waals surface area contributed by atoms with Gasteiger partial charge < -0.3 is 10.4 Å². The summed E-state index contributed by atoms with van der Waals surface area (Å²) in [4.78, 5) is 11.9. The highest BCUT2D eigenvalue weighted by Crippen LogP contribution is 2.19. The molecule has 3 nitrogen and oxygen atoms in total. The number of carbonyl (C=O) groups is 1. The van der Waals surface area contributed by atoms with Crippen molar-refractivity contribution in [1.29, 1.82) is 0 Å². The molecule has 0 radical (unpaired) electrons. The number of nitrogens with one attached hydrogen (secondary N) is 1. The molecule has 0 aliphatic carbocycles. The molecule has 6 heteroatoms. The lowest BCUT2D eigenvalue weighted by molar-refractivity contribution is 0.0910. The number of aliphatic hydroxyl groups excluding tert-OH is 1. The topological polar surface area (TPSA) is 49.3 Å². The predicted octanol–water partition coefficient (Wildman–Crippen LogP) is 3.34. The minimum Gasteiger partial charge on any atom is -0.391 e. The molecule has 0 saturated heterocycles. The van der Waals surface area contributed by atoms with Crippen LogP contribution in [0.4, 0.5) is 8.78 Å². The van der Waals surface area contributed by atoms with Gasteiger partial charge in [-0.2, -0.15) is 0 Å². The van der Waals surface area contributed by atoms with Gasteiger partial charge >= 0.3 is 0 Å². The van der Waals surface area contributed by atoms with Crippen LogP contribution < -0.4 is 5.32 Å². The summed E-state index contributed by atoms with van der Waals surface area (Å²) in [6.07, 6.45) is 0.391. The fourth-order valence-corrected chi connectivity index (χ4v) is 2.32. The Bertz CT molecular complexity index is 680. The van der Waals surface area contributed by atoms with Crippen molar-refractivity contribution in [2.75, 3.05) is 6.54 Å². The molecule has 1 amide bonds. The van der Waals surface area contributed by atoms with Gasteiger partial charge in [0.1, 0.15) is 0 Å². The lowest BCUT2D eigenvalue weighted by Crippen LogP contribution is -2.32. The van der Waals surface area contributed by atoms with Crippen molar-refractivity contribution in [2.24, 2.45) is 0 Å². The third kappa shape index (κ3) is 5.01. The molecule has 0 aliphatic rings. The van der Waals surface area contributed by atoms with Crippen LogP contribution in [-0.4, -0.2) is 23.7 Å². The smallest absolute Gasteiger partial charge is 0.252 e. The molecule has 2 aromatic carbocycles. The molecule has 0 aromatic heterocycles. The van der Waals surface area contributed by atoms with Crippen LogP contribution in [0.15, 0.2) is 42.5 Å². The molecule has 122 valence electrons. The molecule has 2 rings (SSSR count). The largest absolute Gasteiger partial charge is 0.391 e. The number of rotatable bonds is 6. The quantitative estimate of drug-likeness (QED) is 0.793. The highest BCUT2D eigenvalue weighted by Gasteiger charge is 2.16. The van der Waals surface area contributed by atoms with Gasteiger partial charge in [-0.05, 0) is 30.5 Å². The fourth-order valence-electron chi connectivity index (χ4n) is 2.08.